The predicted octanol–water partition coefficient (Wildman–Crippen LogP) is 8.05. The second-order valence-electron chi connectivity index (χ2n) is 9.93. The third-order valence-corrected chi connectivity index (χ3v) is 7.69. The fraction of sp³-hybridized carbons (Fsp3) is 0.0541. The molecule has 43 heavy (non-hydrogen) atoms. The van der Waals surface area contributed by atoms with Gasteiger partial charge in [-0.05, 0) is 60.0 Å². The average molecular weight is 583 g/mol. The first-order valence-corrected chi connectivity index (χ1v) is 14.8. The number of thioether (sulfide) groups is 1. The van der Waals surface area contributed by atoms with E-state index >= 15 is 0 Å². The summed E-state index contributed by atoms with van der Waals surface area (Å²) in [5.41, 5.74) is 5.77. The summed E-state index contributed by atoms with van der Waals surface area (Å²) in [4.78, 5) is 40.0. The molecule has 0 fully saturated rings. The predicted molar refractivity (Wildman–Crippen MR) is 175 cm³/mol. The SMILES string of the molecule is Cc1ccc(C(=O)CSc2cccc(NC(=O)/C(=C/c3ccc(-c4ccccc4)cc3)NC(=O)c3ccccc3)c2)cc1. The number of carbonyl (C=O) groups excluding carboxylic acids is 3. The van der Waals surface area contributed by atoms with Crippen LogP contribution in [0.3, 0.4) is 0 Å². The molecule has 0 spiro atoms. The van der Waals surface area contributed by atoms with Gasteiger partial charge in [-0.1, -0.05) is 109 Å². The molecule has 0 aromatic heterocycles. The fourth-order valence-corrected chi connectivity index (χ4v) is 5.19. The Balaban J connectivity index is 1.32. The van der Waals surface area contributed by atoms with Gasteiger partial charge in [0.05, 0.1) is 5.75 Å². The molecule has 2 amide bonds. The molecule has 5 aromatic rings. The van der Waals surface area contributed by atoms with Crippen LogP contribution in [0.5, 0.6) is 0 Å². The van der Waals surface area contributed by atoms with Crippen molar-refractivity contribution >= 4 is 41.1 Å². The standard InChI is InChI=1S/C37H30N2O3S/c1-26-15-19-30(20-16-26)35(40)25-43-33-14-8-13-32(24-33)38-37(42)34(39-36(41)31-11-6-3-7-12-31)23-27-17-21-29(22-18-27)28-9-4-2-5-10-28/h2-24H,25H2,1H3,(H,38,42)(H,39,41)/b34-23-. The first-order chi connectivity index (χ1) is 20.9. The molecule has 0 unspecified atom stereocenters. The Hall–Kier alpha value is -5.20. The first-order valence-electron chi connectivity index (χ1n) is 13.8. The van der Waals surface area contributed by atoms with Gasteiger partial charge in [0.25, 0.3) is 11.8 Å². The Morgan fingerprint density at radius 1 is 0.674 bits per heavy atom. The Bertz CT molecular complexity index is 1750. The number of anilines is 1. The van der Waals surface area contributed by atoms with Crippen LogP contribution in [0.1, 0.15) is 31.8 Å². The van der Waals surface area contributed by atoms with Gasteiger partial charge in [0.2, 0.25) is 0 Å². The van der Waals surface area contributed by atoms with E-state index in [1.54, 1.807) is 36.4 Å². The maximum Gasteiger partial charge on any atom is 0.272 e. The summed E-state index contributed by atoms with van der Waals surface area (Å²) in [6.07, 6.45) is 1.66. The van der Waals surface area contributed by atoms with Crippen LogP contribution in [0.4, 0.5) is 5.69 Å². The number of Topliss-reactive ketones (excluding diaryl/α,β-unsaturated/α-hetero) is 1. The van der Waals surface area contributed by atoms with E-state index in [-0.39, 0.29) is 23.1 Å². The van der Waals surface area contributed by atoms with E-state index in [4.69, 9.17) is 0 Å². The number of hydrogen-bond donors (Lipinski definition) is 2. The number of nitrogens with one attached hydrogen (secondary N) is 2. The van der Waals surface area contributed by atoms with Crippen molar-refractivity contribution < 1.29 is 14.4 Å². The van der Waals surface area contributed by atoms with Crippen LogP contribution in [0.2, 0.25) is 0 Å². The van der Waals surface area contributed by atoms with Crippen molar-refractivity contribution in [3.63, 3.8) is 0 Å². The molecule has 0 atom stereocenters. The van der Waals surface area contributed by atoms with Crippen LogP contribution in [0.15, 0.2) is 144 Å². The van der Waals surface area contributed by atoms with E-state index < -0.39 is 5.91 Å². The van der Waals surface area contributed by atoms with E-state index in [9.17, 15) is 14.4 Å². The highest BCUT2D eigenvalue weighted by atomic mass is 32.2. The summed E-state index contributed by atoms with van der Waals surface area (Å²) in [6, 6.07) is 41.4. The summed E-state index contributed by atoms with van der Waals surface area (Å²) >= 11 is 1.40. The first kappa shape index (κ1) is 29.3. The minimum absolute atomic E-state index is 0.0339. The lowest BCUT2D eigenvalue weighted by atomic mass is 10.0. The van der Waals surface area contributed by atoms with Crippen LogP contribution >= 0.6 is 11.8 Å². The van der Waals surface area contributed by atoms with Crippen molar-refractivity contribution in [3.8, 4) is 11.1 Å². The maximum atomic E-state index is 13.5. The molecule has 6 heteroatoms. The summed E-state index contributed by atoms with van der Waals surface area (Å²) in [5.74, 6) is -0.541. The molecule has 0 radical (unpaired) electrons. The zero-order valence-corrected chi connectivity index (χ0v) is 24.4. The average Bonchev–Trinajstić information content (AvgIpc) is 3.05. The Labute approximate surface area is 255 Å². The van der Waals surface area contributed by atoms with Crippen molar-refractivity contribution in [1.82, 2.24) is 5.32 Å². The van der Waals surface area contributed by atoms with Gasteiger partial charge in [0.1, 0.15) is 5.70 Å². The highest BCUT2D eigenvalue weighted by Gasteiger charge is 2.16. The molecule has 0 heterocycles. The van der Waals surface area contributed by atoms with Gasteiger partial charge in [-0.25, -0.2) is 0 Å². The third kappa shape index (κ3) is 8.18. The lowest BCUT2D eigenvalue weighted by Crippen LogP contribution is -2.30. The Morgan fingerprint density at radius 3 is 2.02 bits per heavy atom. The normalized spacial score (nSPS) is 11.0. The number of rotatable bonds is 10. The number of amides is 2. The summed E-state index contributed by atoms with van der Waals surface area (Å²) < 4.78 is 0. The van der Waals surface area contributed by atoms with Crippen LogP contribution in [-0.2, 0) is 4.79 Å². The second kappa shape index (κ2) is 14.1. The van der Waals surface area contributed by atoms with Crippen LogP contribution in [0, 0.1) is 6.92 Å². The number of hydrogen-bond acceptors (Lipinski definition) is 4. The molecule has 212 valence electrons. The third-order valence-electron chi connectivity index (χ3n) is 6.69. The largest absolute Gasteiger partial charge is 0.321 e. The van der Waals surface area contributed by atoms with Gasteiger partial charge in [-0.3, -0.25) is 14.4 Å². The Kier molecular flexibility index (Phi) is 9.62. The van der Waals surface area contributed by atoms with Crippen molar-refractivity contribution in [3.05, 3.63) is 161 Å². The molecule has 0 aliphatic rings. The van der Waals surface area contributed by atoms with Gasteiger partial charge in [0, 0.05) is 21.7 Å². The van der Waals surface area contributed by atoms with Crippen LogP contribution in [0.25, 0.3) is 17.2 Å². The highest BCUT2D eigenvalue weighted by Crippen LogP contribution is 2.24. The molecule has 2 N–H and O–H groups in total. The molecule has 5 aromatic carbocycles. The summed E-state index contributed by atoms with van der Waals surface area (Å²) in [7, 11) is 0. The van der Waals surface area contributed by atoms with E-state index in [2.05, 4.69) is 10.6 Å². The molecule has 0 saturated heterocycles. The minimum atomic E-state index is -0.464. The van der Waals surface area contributed by atoms with Gasteiger partial charge in [0.15, 0.2) is 5.78 Å². The van der Waals surface area contributed by atoms with Crippen molar-refractivity contribution in [2.45, 2.75) is 11.8 Å². The van der Waals surface area contributed by atoms with E-state index in [0.29, 0.717) is 16.8 Å². The number of aryl methyl sites for hydroxylation is 1. The topological polar surface area (TPSA) is 75.3 Å². The number of carbonyl (C=O) groups is 3. The zero-order chi connectivity index (χ0) is 30.0. The van der Waals surface area contributed by atoms with E-state index in [1.165, 1.54) is 11.8 Å². The molecule has 0 aliphatic carbocycles. The van der Waals surface area contributed by atoms with Gasteiger partial charge in [-0.15, -0.1) is 11.8 Å². The minimum Gasteiger partial charge on any atom is -0.321 e. The summed E-state index contributed by atoms with van der Waals surface area (Å²) in [5, 5.41) is 5.69. The van der Waals surface area contributed by atoms with Gasteiger partial charge in [-0.2, -0.15) is 0 Å². The molecule has 5 nitrogen and oxygen atoms in total. The second-order valence-corrected chi connectivity index (χ2v) is 11.0. The van der Waals surface area contributed by atoms with Gasteiger partial charge >= 0.3 is 0 Å². The highest BCUT2D eigenvalue weighted by molar-refractivity contribution is 8.00. The lowest BCUT2D eigenvalue weighted by molar-refractivity contribution is -0.113. The number of ketones is 1. The molecule has 0 saturated carbocycles. The molecular formula is C37H30N2O3S. The van der Waals surface area contributed by atoms with E-state index in [0.717, 1.165) is 27.1 Å². The lowest BCUT2D eigenvalue weighted by Gasteiger charge is -2.12. The number of benzene rings is 5. The maximum absolute atomic E-state index is 13.5. The Morgan fingerprint density at radius 2 is 1.33 bits per heavy atom. The van der Waals surface area contributed by atoms with Crippen molar-refractivity contribution in [2.24, 2.45) is 0 Å². The monoisotopic (exact) mass is 582 g/mol. The summed E-state index contributed by atoms with van der Waals surface area (Å²) in [6.45, 7) is 1.98. The fourth-order valence-electron chi connectivity index (χ4n) is 4.35. The molecular weight excluding hydrogens is 552 g/mol. The molecule has 0 bridgehead atoms. The van der Waals surface area contributed by atoms with Gasteiger partial charge < -0.3 is 10.6 Å². The molecule has 5 rings (SSSR count). The quantitative estimate of drug-likeness (QED) is 0.0993. The van der Waals surface area contributed by atoms with E-state index in [1.807, 2.05) is 110 Å². The van der Waals surface area contributed by atoms with Crippen LogP contribution in [-0.4, -0.2) is 23.4 Å². The zero-order valence-electron chi connectivity index (χ0n) is 23.6. The molecule has 0 aliphatic heterocycles. The van der Waals surface area contributed by atoms with Crippen molar-refractivity contribution in [1.29, 1.82) is 0 Å². The van der Waals surface area contributed by atoms with Crippen molar-refractivity contribution in [2.75, 3.05) is 11.1 Å². The smallest absolute Gasteiger partial charge is 0.272 e. The van der Waals surface area contributed by atoms with Crippen LogP contribution < -0.4 is 10.6 Å².